The smallest absolute Gasteiger partial charge is 0.161 e. The molecule has 21 heavy (non-hydrogen) atoms. The van der Waals surface area contributed by atoms with Crippen molar-refractivity contribution in [1.82, 2.24) is 5.32 Å². The Morgan fingerprint density at radius 2 is 1.76 bits per heavy atom. The van der Waals surface area contributed by atoms with Crippen LogP contribution in [0.15, 0.2) is 18.2 Å². The molecule has 0 bridgehead atoms. The first kappa shape index (κ1) is 17.8. The van der Waals surface area contributed by atoms with Crippen LogP contribution in [0, 0.1) is 0 Å². The average molecular weight is 295 g/mol. The summed E-state index contributed by atoms with van der Waals surface area (Å²) in [5, 5.41) is 13.6. The predicted molar refractivity (Wildman–Crippen MR) is 86.0 cm³/mol. The molecule has 4 nitrogen and oxygen atoms in total. The number of nitrogens with one attached hydrogen (secondary N) is 1. The molecule has 1 rings (SSSR count). The van der Waals surface area contributed by atoms with Crippen molar-refractivity contribution in [2.75, 3.05) is 19.8 Å². The number of hydrogen-bond acceptors (Lipinski definition) is 4. The van der Waals surface area contributed by atoms with Gasteiger partial charge in [0, 0.05) is 6.54 Å². The van der Waals surface area contributed by atoms with Crippen LogP contribution >= 0.6 is 0 Å². The first-order chi connectivity index (χ1) is 10.1. The summed E-state index contributed by atoms with van der Waals surface area (Å²) in [5.41, 5.74) is 0.389. The predicted octanol–water partition coefficient (Wildman–Crippen LogP) is 3.12. The van der Waals surface area contributed by atoms with Gasteiger partial charge >= 0.3 is 0 Å². The number of rotatable bonds is 10. The molecular formula is C17H29NO3. The van der Waals surface area contributed by atoms with Gasteiger partial charge in [-0.1, -0.05) is 26.8 Å². The molecule has 0 unspecified atom stereocenters. The lowest BCUT2D eigenvalue weighted by Crippen LogP contribution is -2.34. The van der Waals surface area contributed by atoms with Gasteiger partial charge in [0.2, 0.25) is 0 Å². The van der Waals surface area contributed by atoms with Gasteiger partial charge in [0.15, 0.2) is 11.5 Å². The maximum atomic E-state index is 10.3. The van der Waals surface area contributed by atoms with E-state index in [0.717, 1.165) is 24.4 Å². The van der Waals surface area contributed by atoms with E-state index in [4.69, 9.17) is 9.47 Å². The van der Waals surface area contributed by atoms with Crippen molar-refractivity contribution in [3.63, 3.8) is 0 Å². The van der Waals surface area contributed by atoms with Gasteiger partial charge in [-0.3, -0.25) is 0 Å². The van der Waals surface area contributed by atoms with Crippen LogP contribution in [-0.4, -0.2) is 30.5 Å². The maximum Gasteiger partial charge on any atom is 0.161 e. The Kier molecular flexibility index (Phi) is 7.54. The van der Waals surface area contributed by atoms with Gasteiger partial charge in [-0.2, -0.15) is 0 Å². The van der Waals surface area contributed by atoms with Gasteiger partial charge in [-0.15, -0.1) is 0 Å². The fourth-order valence-corrected chi connectivity index (χ4v) is 1.99. The van der Waals surface area contributed by atoms with Crippen LogP contribution in [0.2, 0.25) is 0 Å². The second-order valence-corrected chi connectivity index (χ2v) is 5.21. The normalized spacial score (nSPS) is 11.5. The van der Waals surface area contributed by atoms with Crippen LogP contribution in [0.25, 0.3) is 0 Å². The standard InChI is InChI=1S/C17H29NO3/c1-5-17(19,6-2)13-21-15-10-9-14(12-18-7-3)11-16(15)20-8-4/h9-11,18-19H,5-8,12-13H2,1-4H3. The van der Waals surface area contributed by atoms with Gasteiger partial charge in [0.1, 0.15) is 6.61 Å². The molecule has 0 aliphatic rings. The third-order valence-electron chi connectivity index (χ3n) is 3.70. The molecule has 120 valence electrons. The number of benzene rings is 1. The molecule has 0 saturated heterocycles. The third-order valence-corrected chi connectivity index (χ3v) is 3.70. The lowest BCUT2D eigenvalue weighted by atomic mass is 9.99. The van der Waals surface area contributed by atoms with Crippen molar-refractivity contribution >= 4 is 0 Å². The fourth-order valence-electron chi connectivity index (χ4n) is 1.99. The SMILES string of the molecule is CCNCc1ccc(OCC(O)(CC)CC)c(OCC)c1. The number of hydrogen-bond donors (Lipinski definition) is 2. The summed E-state index contributed by atoms with van der Waals surface area (Å²) in [4.78, 5) is 0. The largest absolute Gasteiger partial charge is 0.490 e. The van der Waals surface area contributed by atoms with Gasteiger partial charge in [0.25, 0.3) is 0 Å². The molecule has 0 aliphatic heterocycles. The van der Waals surface area contributed by atoms with Crippen LogP contribution in [0.5, 0.6) is 11.5 Å². The zero-order valence-electron chi connectivity index (χ0n) is 13.7. The summed E-state index contributed by atoms with van der Waals surface area (Å²) in [5.74, 6) is 1.43. The quantitative estimate of drug-likeness (QED) is 0.696. The second kappa shape index (κ2) is 8.90. The molecule has 4 heteroatoms. The minimum Gasteiger partial charge on any atom is -0.490 e. The zero-order valence-corrected chi connectivity index (χ0v) is 13.7. The Balaban J connectivity index is 2.80. The molecule has 2 N–H and O–H groups in total. The summed E-state index contributed by atoms with van der Waals surface area (Å²) < 4.78 is 11.5. The highest BCUT2D eigenvalue weighted by Gasteiger charge is 2.23. The molecule has 1 aromatic rings. The second-order valence-electron chi connectivity index (χ2n) is 5.21. The van der Waals surface area contributed by atoms with E-state index in [0.29, 0.717) is 25.2 Å². The molecule has 0 radical (unpaired) electrons. The Bertz CT molecular complexity index is 416. The molecule has 1 aromatic carbocycles. The summed E-state index contributed by atoms with van der Waals surface area (Å²) in [6, 6.07) is 5.94. The Hall–Kier alpha value is -1.26. The van der Waals surface area contributed by atoms with E-state index in [1.165, 1.54) is 0 Å². The van der Waals surface area contributed by atoms with E-state index < -0.39 is 5.60 Å². The molecule has 0 aliphatic carbocycles. The van der Waals surface area contributed by atoms with Crippen molar-refractivity contribution in [1.29, 1.82) is 0 Å². The minimum absolute atomic E-state index is 0.284. The van der Waals surface area contributed by atoms with E-state index in [9.17, 15) is 5.11 Å². The molecule has 0 aromatic heterocycles. The molecule has 0 saturated carbocycles. The van der Waals surface area contributed by atoms with Crippen LogP contribution in [0.3, 0.4) is 0 Å². The molecule has 0 fully saturated rings. The fraction of sp³-hybridized carbons (Fsp3) is 0.647. The van der Waals surface area contributed by atoms with Crippen LogP contribution in [0.4, 0.5) is 0 Å². The van der Waals surface area contributed by atoms with Gasteiger partial charge in [0.05, 0.1) is 12.2 Å². The molecule has 0 heterocycles. The van der Waals surface area contributed by atoms with E-state index in [1.54, 1.807) is 0 Å². The summed E-state index contributed by atoms with van der Waals surface area (Å²) in [6.45, 7) is 10.6. The number of ether oxygens (including phenoxy) is 2. The summed E-state index contributed by atoms with van der Waals surface area (Å²) in [7, 11) is 0. The van der Waals surface area contributed by atoms with Crippen molar-refractivity contribution in [2.45, 2.75) is 52.7 Å². The number of aliphatic hydroxyl groups is 1. The maximum absolute atomic E-state index is 10.3. The first-order valence-electron chi connectivity index (χ1n) is 7.90. The van der Waals surface area contributed by atoms with Crippen LogP contribution < -0.4 is 14.8 Å². The zero-order chi connectivity index (χ0) is 15.7. The van der Waals surface area contributed by atoms with Gasteiger partial charge in [-0.05, 0) is 44.0 Å². The minimum atomic E-state index is -0.772. The Morgan fingerprint density at radius 3 is 2.33 bits per heavy atom. The van der Waals surface area contributed by atoms with E-state index in [2.05, 4.69) is 12.2 Å². The van der Waals surface area contributed by atoms with E-state index >= 15 is 0 Å². The van der Waals surface area contributed by atoms with Gasteiger partial charge in [-0.25, -0.2) is 0 Å². The van der Waals surface area contributed by atoms with Crippen LogP contribution in [-0.2, 0) is 6.54 Å². The highest BCUT2D eigenvalue weighted by atomic mass is 16.5. The lowest BCUT2D eigenvalue weighted by molar-refractivity contribution is -0.0120. The summed E-state index contributed by atoms with van der Waals surface area (Å²) in [6.07, 6.45) is 1.35. The van der Waals surface area contributed by atoms with Crippen molar-refractivity contribution in [3.8, 4) is 11.5 Å². The Labute approximate surface area is 128 Å². The van der Waals surface area contributed by atoms with E-state index in [1.807, 2.05) is 39.0 Å². The lowest BCUT2D eigenvalue weighted by Gasteiger charge is -2.25. The van der Waals surface area contributed by atoms with Crippen molar-refractivity contribution in [2.24, 2.45) is 0 Å². The average Bonchev–Trinajstić information content (AvgIpc) is 2.52. The molecular weight excluding hydrogens is 266 g/mol. The topological polar surface area (TPSA) is 50.7 Å². The molecule has 0 spiro atoms. The van der Waals surface area contributed by atoms with E-state index in [-0.39, 0.29) is 6.61 Å². The Morgan fingerprint density at radius 1 is 1.05 bits per heavy atom. The first-order valence-corrected chi connectivity index (χ1v) is 7.90. The van der Waals surface area contributed by atoms with Crippen LogP contribution in [0.1, 0.15) is 46.1 Å². The summed E-state index contributed by atoms with van der Waals surface area (Å²) >= 11 is 0. The highest BCUT2D eigenvalue weighted by molar-refractivity contribution is 5.43. The van der Waals surface area contributed by atoms with Crippen molar-refractivity contribution in [3.05, 3.63) is 23.8 Å². The molecule has 0 amide bonds. The molecule has 0 atom stereocenters. The van der Waals surface area contributed by atoms with Gasteiger partial charge < -0.3 is 19.9 Å². The van der Waals surface area contributed by atoms with Crippen molar-refractivity contribution < 1.29 is 14.6 Å². The third kappa shape index (κ3) is 5.56. The monoisotopic (exact) mass is 295 g/mol. The highest BCUT2D eigenvalue weighted by Crippen LogP contribution is 2.30.